The zero-order valence-electron chi connectivity index (χ0n) is 13.1. The number of methoxy groups -OCH3 is 1. The van der Waals surface area contributed by atoms with Gasteiger partial charge in [0.1, 0.15) is 5.69 Å². The van der Waals surface area contributed by atoms with Crippen LogP contribution in [0.1, 0.15) is 43.5 Å². The topological polar surface area (TPSA) is 51.2 Å². The van der Waals surface area contributed by atoms with Crippen molar-refractivity contribution in [3.8, 4) is 0 Å². The van der Waals surface area contributed by atoms with Gasteiger partial charge >= 0.3 is 6.18 Å². The summed E-state index contributed by atoms with van der Waals surface area (Å²) < 4.78 is 43.0. The molecular formula is C16H21F3N2O2. The molecule has 0 unspecified atom stereocenters. The Kier molecular flexibility index (Phi) is 5.62. The molecule has 1 aromatic rings. The minimum Gasteiger partial charge on any atom is -0.385 e. The summed E-state index contributed by atoms with van der Waals surface area (Å²) in [5.74, 6) is -0.119. The van der Waals surface area contributed by atoms with Gasteiger partial charge in [0.2, 0.25) is 5.91 Å². The molecule has 1 aliphatic rings. The second kappa shape index (κ2) is 7.29. The highest BCUT2D eigenvalue weighted by Gasteiger charge is 2.40. The summed E-state index contributed by atoms with van der Waals surface area (Å²) in [7, 11) is 1.59. The van der Waals surface area contributed by atoms with Crippen molar-refractivity contribution in [3.05, 3.63) is 29.6 Å². The van der Waals surface area contributed by atoms with Gasteiger partial charge < -0.3 is 10.1 Å². The van der Waals surface area contributed by atoms with Crippen molar-refractivity contribution in [3.63, 3.8) is 0 Å². The van der Waals surface area contributed by atoms with E-state index in [1.807, 2.05) is 0 Å². The third-order valence-corrected chi connectivity index (χ3v) is 4.35. The molecule has 23 heavy (non-hydrogen) atoms. The molecule has 1 fully saturated rings. The van der Waals surface area contributed by atoms with Crippen LogP contribution in [0.2, 0.25) is 0 Å². The second-order valence-electron chi connectivity index (χ2n) is 5.92. The third kappa shape index (κ3) is 4.43. The third-order valence-electron chi connectivity index (χ3n) is 4.35. The first kappa shape index (κ1) is 17.7. The molecule has 1 saturated carbocycles. The van der Waals surface area contributed by atoms with Crippen LogP contribution in [0.3, 0.4) is 0 Å². The van der Waals surface area contributed by atoms with Gasteiger partial charge in [-0.15, -0.1) is 0 Å². The first-order valence-corrected chi connectivity index (χ1v) is 7.68. The van der Waals surface area contributed by atoms with E-state index in [-0.39, 0.29) is 18.1 Å². The Labute approximate surface area is 133 Å². The van der Waals surface area contributed by atoms with Gasteiger partial charge in [-0.25, -0.2) is 4.98 Å². The molecule has 1 amide bonds. The van der Waals surface area contributed by atoms with E-state index in [0.29, 0.717) is 13.0 Å². The quantitative estimate of drug-likeness (QED) is 0.870. The molecule has 7 heteroatoms. The molecule has 128 valence electrons. The minimum atomic E-state index is -4.48. The van der Waals surface area contributed by atoms with Gasteiger partial charge in [-0.05, 0) is 31.4 Å². The van der Waals surface area contributed by atoms with Crippen LogP contribution in [0.4, 0.5) is 13.2 Å². The second-order valence-corrected chi connectivity index (χ2v) is 5.92. The average Bonchev–Trinajstić information content (AvgIpc) is 3.00. The van der Waals surface area contributed by atoms with Gasteiger partial charge in [0.15, 0.2) is 0 Å². The van der Waals surface area contributed by atoms with E-state index in [1.165, 1.54) is 12.1 Å². The Morgan fingerprint density at radius 2 is 2.04 bits per heavy atom. The van der Waals surface area contributed by atoms with Crippen LogP contribution in [0.25, 0.3) is 0 Å². The molecule has 4 nitrogen and oxygen atoms in total. The van der Waals surface area contributed by atoms with Crippen molar-refractivity contribution in [2.75, 3.05) is 13.7 Å². The van der Waals surface area contributed by atoms with E-state index in [4.69, 9.17) is 4.74 Å². The van der Waals surface area contributed by atoms with Crippen LogP contribution in [0.15, 0.2) is 18.2 Å². The molecule has 1 aliphatic carbocycles. The maximum Gasteiger partial charge on any atom is 0.433 e. The molecule has 0 radical (unpaired) electrons. The zero-order valence-corrected chi connectivity index (χ0v) is 13.1. The lowest BCUT2D eigenvalue weighted by Gasteiger charge is -2.27. The van der Waals surface area contributed by atoms with Crippen molar-refractivity contribution < 1.29 is 22.7 Å². The fourth-order valence-electron chi connectivity index (χ4n) is 3.03. The standard InChI is InChI=1S/C16H21F3N2O2/c1-23-10-9-15(7-2-3-8-15)14(22)20-11-12-5-4-6-13(21-12)16(17,18)19/h4-6H,2-3,7-11H2,1H3,(H,20,22). The maximum atomic E-state index is 12.6. The van der Waals surface area contributed by atoms with E-state index in [1.54, 1.807) is 7.11 Å². The molecule has 1 aromatic heterocycles. The molecular weight excluding hydrogens is 309 g/mol. The van der Waals surface area contributed by atoms with Crippen LogP contribution in [0, 0.1) is 5.41 Å². The van der Waals surface area contributed by atoms with Gasteiger partial charge in [0.05, 0.1) is 17.7 Å². The Morgan fingerprint density at radius 1 is 1.35 bits per heavy atom. The van der Waals surface area contributed by atoms with Gasteiger partial charge in [-0.3, -0.25) is 4.79 Å². The monoisotopic (exact) mass is 330 g/mol. The number of halogens is 3. The summed E-state index contributed by atoms with van der Waals surface area (Å²) in [6, 6.07) is 3.70. The number of pyridine rings is 1. The predicted octanol–water partition coefficient (Wildman–Crippen LogP) is 3.31. The number of ether oxygens (including phenoxy) is 1. The summed E-state index contributed by atoms with van der Waals surface area (Å²) in [6.07, 6.45) is -0.301. The molecule has 0 aliphatic heterocycles. The number of alkyl halides is 3. The summed E-state index contributed by atoms with van der Waals surface area (Å²) >= 11 is 0. The lowest BCUT2D eigenvalue weighted by Crippen LogP contribution is -2.39. The molecule has 0 saturated heterocycles. The number of hydrogen-bond acceptors (Lipinski definition) is 3. The van der Waals surface area contributed by atoms with Crippen molar-refractivity contribution >= 4 is 5.91 Å². The highest BCUT2D eigenvalue weighted by atomic mass is 19.4. The normalized spacial score (nSPS) is 17.2. The largest absolute Gasteiger partial charge is 0.433 e. The number of rotatable bonds is 6. The average molecular weight is 330 g/mol. The number of carbonyl (C=O) groups is 1. The van der Waals surface area contributed by atoms with Crippen molar-refractivity contribution in [1.82, 2.24) is 10.3 Å². The van der Waals surface area contributed by atoms with Crippen molar-refractivity contribution in [1.29, 1.82) is 0 Å². The summed E-state index contributed by atoms with van der Waals surface area (Å²) in [5.41, 5.74) is -1.20. The zero-order chi connectivity index (χ0) is 16.9. The molecule has 2 rings (SSSR count). The number of carbonyl (C=O) groups excluding carboxylic acids is 1. The van der Waals surface area contributed by atoms with Gasteiger partial charge in [0.25, 0.3) is 0 Å². The fourth-order valence-corrected chi connectivity index (χ4v) is 3.03. The molecule has 0 atom stereocenters. The van der Waals surface area contributed by atoms with E-state index in [2.05, 4.69) is 10.3 Å². The molecule has 0 bridgehead atoms. The van der Waals surface area contributed by atoms with Gasteiger partial charge in [0, 0.05) is 13.7 Å². The van der Waals surface area contributed by atoms with E-state index < -0.39 is 17.3 Å². The van der Waals surface area contributed by atoms with E-state index in [9.17, 15) is 18.0 Å². The Bertz CT molecular complexity index is 540. The smallest absolute Gasteiger partial charge is 0.385 e. The lowest BCUT2D eigenvalue weighted by atomic mass is 9.82. The van der Waals surface area contributed by atoms with Crippen LogP contribution in [-0.2, 0) is 22.3 Å². The first-order valence-electron chi connectivity index (χ1n) is 7.68. The summed E-state index contributed by atoms with van der Waals surface area (Å²) in [5, 5.41) is 2.74. The number of amides is 1. The lowest BCUT2D eigenvalue weighted by molar-refractivity contribution is -0.141. The number of nitrogens with one attached hydrogen (secondary N) is 1. The van der Waals surface area contributed by atoms with Crippen LogP contribution in [0.5, 0.6) is 0 Å². The Balaban J connectivity index is 2.00. The number of aromatic nitrogens is 1. The summed E-state index contributed by atoms with van der Waals surface area (Å²) in [4.78, 5) is 16.1. The summed E-state index contributed by atoms with van der Waals surface area (Å²) in [6.45, 7) is 0.493. The minimum absolute atomic E-state index is 0.00249. The van der Waals surface area contributed by atoms with Gasteiger partial charge in [-0.2, -0.15) is 13.2 Å². The highest BCUT2D eigenvalue weighted by Crippen LogP contribution is 2.41. The molecule has 1 heterocycles. The van der Waals surface area contributed by atoms with Crippen molar-refractivity contribution in [2.45, 2.75) is 44.8 Å². The van der Waals surface area contributed by atoms with Crippen LogP contribution < -0.4 is 5.32 Å². The Hall–Kier alpha value is -1.63. The maximum absolute atomic E-state index is 12.6. The number of hydrogen-bond donors (Lipinski definition) is 1. The Morgan fingerprint density at radius 3 is 2.65 bits per heavy atom. The van der Waals surface area contributed by atoms with Crippen molar-refractivity contribution in [2.24, 2.45) is 5.41 Å². The van der Waals surface area contributed by atoms with Gasteiger partial charge in [-0.1, -0.05) is 18.9 Å². The molecule has 1 N–H and O–H groups in total. The fraction of sp³-hybridized carbons (Fsp3) is 0.625. The highest BCUT2D eigenvalue weighted by molar-refractivity contribution is 5.82. The first-order chi connectivity index (χ1) is 10.9. The number of nitrogens with zero attached hydrogens (tertiary/aromatic N) is 1. The molecule has 0 aromatic carbocycles. The van der Waals surface area contributed by atoms with E-state index in [0.717, 1.165) is 31.7 Å². The van der Waals surface area contributed by atoms with Crippen LogP contribution in [-0.4, -0.2) is 24.6 Å². The SMILES string of the molecule is COCCC1(C(=O)NCc2cccc(C(F)(F)F)n2)CCCC1. The van der Waals surface area contributed by atoms with Crippen LogP contribution >= 0.6 is 0 Å². The van der Waals surface area contributed by atoms with E-state index >= 15 is 0 Å². The predicted molar refractivity (Wildman–Crippen MR) is 78.5 cm³/mol. The molecule has 0 spiro atoms.